The van der Waals surface area contributed by atoms with Gasteiger partial charge in [-0.2, -0.15) is 0 Å². The SMILES string of the molecule is C=CCNC(=O)C=C(CC)CC. The molecule has 0 rings (SSSR count). The summed E-state index contributed by atoms with van der Waals surface area (Å²) in [7, 11) is 0. The molecule has 0 fully saturated rings. The molecule has 68 valence electrons. The highest BCUT2D eigenvalue weighted by molar-refractivity contribution is 5.88. The zero-order chi connectivity index (χ0) is 9.40. The molecule has 0 aromatic rings. The molecular weight excluding hydrogens is 150 g/mol. The van der Waals surface area contributed by atoms with Gasteiger partial charge in [-0.05, 0) is 12.8 Å². The average Bonchev–Trinajstić information content (AvgIpc) is 2.10. The van der Waals surface area contributed by atoms with E-state index in [0.717, 1.165) is 12.8 Å². The third-order valence-corrected chi connectivity index (χ3v) is 1.66. The van der Waals surface area contributed by atoms with Gasteiger partial charge in [-0.1, -0.05) is 25.5 Å². The topological polar surface area (TPSA) is 29.1 Å². The molecule has 2 nitrogen and oxygen atoms in total. The maximum atomic E-state index is 11.1. The second-order valence-corrected chi connectivity index (χ2v) is 2.54. The smallest absolute Gasteiger partial charge is 0.244 e. The van der Waals surface area contributed by atoms with E-state index in [1.54, 1.807) is 12.2 Å². The van der Waals surface area contributed by atoms with Crippen LogP contribution in [0.1, 0.15) is 26.7 Å². The summed E-state index contributed by atoms with van der Waals surface area (Å²) >= 11 is 0. The van der Waals surface area contributed by atoms with E-state index in [2.05, 4.69) is 25.7 Å². The minimum atomic E-state index is -0.0198. The van der Waals surface area contributed by atoms with Crippen LogP contribution in [0.15, 0.2) is 24.3 Å². The Morgan fingerprint density at radius 3 is 2.42 bits per heavy atom. The van der Waals surface area contributed by atoms with Crippen molar-refractivity contribution in [3.63, 3.8) is 0 Å². The van der Waals surface area contributed by atoms with Gasteiger partial charge >= 0.3 is 0 Å². The van der Waals surface area contributed by atoms with Crippen LogP contribution in [0.2, 0.25) is 0 Å². The predicted octanol–water partition coefficient (Wildman–Crippen LogP) is 2.04. The Labute approximate surface area is 74.4 Å². The molecule has 0 aliphatic rings. The van der Waals surface area contributed by atoms with Crippen LogP contribution in [-0.2, 0) is 4.79 Å². The van der Waals surface area contributed by atoms with Crippen LogP contribution in [0, 0.1) is 0 Å². The molecule has 0 aliphatic carbocycles. The van der Waals surface area contributed by atoms with E-state index >= 15 is 0 Å². The minimum Gasteiger partial charge on any atom is -0.349 e. The zero-order valence-electron chi connectivity index (χ0n) is 7.89. The molecule has 0 aromatic carbocycles. The van der Waals surface area contributed by atoms with Crippen molar-refractivity contribution >= 4 is 5.91 Å². The summed E-state index contributed by atoms with van der Waals surface area (Å²) in [5.74, 6) is -0.0198. The first-order valence-corrected chi connectivity index (χ1v) is 4.32. The fourth-order valence-corrected chi connectivity index (χ4v) is 0.863. The second kappa shape index (κ2) is 6.65. The summed E-state index contributed by atoms with van der Waals surface area (Å²) in [6.07, 6.45) is 5.23. The van der Waals surface area contributed by atoms with Crippen LogP contribution in [0.5, 0.6) is 0 Å². The van der Waals surface area contributed by atoms with Crippen molar-refractivity contribution < 1.29 is 4.79 Å². The lowest BCUT2D eigenvalue weighted by Gasteiger charge is -2.00. The number of rotatable bonds is 5. The van der Waals surface area contributed by atoms with Gasteiger partial charge in [0.05, 0.1) is 0 Å². The highest BCUT2D eigenvalue weighted by atomic mass is 16.1. The summed E-state index contributed by atoms with van der Waals surface area (Å²) in [4.78, 5) is 11.1. The number of hydrogen-bond acceptors (Lipinski definition) is 1. The largest absolute Gasteiger partial charge is 0.349 e. The molecule has 0 saturated heterocycles. The number of nitrogens with one attached hydrogen (secondary N) is 1. The summed E-state index contributed by atoms with van der Waals surface area (Å²) in [5, 5.41) is 2.70. The molecule has 0 radical (unpaired) electrons. The minimum absolute atomic E-state index is 0.0198. The van der Waals surface area contributed by atoms with Crippen LogP contribution in [0.25, 0.3) is 0 Å². The predicted molar refractivity (Wildman–Crippen MR) is 51.9 cm³/mol. The van der Waals surface area contributed by atoms with Crippen LogP contribution in [0.3, 0.4) is 0 Å². The molecule has 2 heteroatoms. The van der Waals surface area contributed by atoms with E-state index in [0.29, 0.717) is 6.54 Å². The molecule has 1 N–H and O–H groups in total. The van der Waals surface area contributed by atoms with Crippen molar-refractivity contribution in [2.24, 2.45) is 0 Å². The van der Waals surface area contributed by atoms with Gasteiger partial charge in [-0.3, -0.25) is 4.79 Å². The van der Waals surface area contributed by atoms with E-state index in [1.165, 1.54) is 5.57 Å². The lowest BCUT2D eigenvalue weighted by atomic mass is 10.1. The fourth-order valence-electron chi connectivity index (χ4n) is 0.863. The second-order valence-electron chi connectivity index (χ2n) is 2.54. The van der Waals surface area contributed by atoms with E-state index in [-0.39, 0.29) is 5.91 Å². The van der Waals surface area contributed by atoms with E-state index in [9.17, 15) is 4.79 Å². The third kappa shape index (κ3) is 4.72. The Hall–Kier alpha value is -1.05. The Kier molecular flexibility index (Phi) is 6.07. The van der Waals surface area contributed by atoms with E-state index in [4.69, 9.17) is 0 Å². The van der Waals surface area contributed by atoms with Gasteiger partial charge in [0.2, 0.25) is 5.91 Å². The number of hydrogen-bond donors (Lipinski definition) is 1. The highest BCUT2D eigenvalue weighted by Crippen LogP contribution is 2.03. The van der Waals surface area contributed by atoms with Crippen molar-refractivity contribution in [1.29, 1.82) is 0 Å². The fraction of sp³-hybridized carbons (Fsp3) is 0.500. The van der Waals surface area contributed by atoms with Crippen molar-refractivity contribution in [3.05, 3.63) is 24.3 Å². The van der Waals surface area contributed by atoms with Gasteiger partial charge in [0.25, 0.3) is 0 Å². The van der Waals surface area contributed by atoms with Crippen molar-refractivity contribution in [3.8, 4) is 0 Å². The lowest BCUT2D eigenvalue weighted by Crippen LogP contribution is -2.21. The molecule has 0 bridgehead atoms. The molecular formula is C10H17NO. The molecule has 0 saturated carbocycles. The zero-order valence-corrected chi connectivity index (χ0v) is 7.89. The van der Waals surface area contributed by atoms with Crippen LogP contribution >= 0.6 is 0 Å². The molecule has 0 spiro atoms. The normalized spacial score (nSPS) is 8.83. The molecule has 1 amide bonds. The van der Waals surface area contributed by atoms with Gasteiger partial charge in [0.1, 0.15) is 0 Å². The van der Waals surface area contributed by atoms with Crippen molar-refractivity contribution in [2.75, 3.05) is 6.54 Å². The first-order chi connectivity index (χ1) is 5.74. The molecule has 0 aromatic heterocycles. The van der Waals surface area contributed by atoms with Crippen molar-refractivity contribution in [1.82, 2.24) is 5.32 Å². The number of carbonyl (C=O) groups is 1. The Morgan fingerprint density at radius 1 is 1.42 bits per heavy atom. The van der Waals surface area contributed by atoms with Crippen LogP contribution < -0.4 is 5.32 Å². The van der Waals surface area contributed by atoms with Gasteiger partial charge in [-0.25, -0.2) is 0 Å². The van der Waals surface area contributed by atoms with Gasteiger partial charge in [-0.15, -0.1) is 6.58 Å². The Bertz CT molecular complexity index is 176. The molecule has 0 atom stereocenters. The van der Waals surface area contributed by atoms with Crippen LogP contribution in [0.4, 0.5) is 0 Å². The first-order valence-electron chi connectivity index (χ1n) is 4.32. The monoisotopic (exact) mass is 167 g/mol. The Balaban J connectivity index is 3.93. The van der Waals surface area contributed by atoms with E-state index < -0.39 is 0 Å². The van der Waals surface area contributed by atoms with Gasteiger partial charge in [0.15, 0.2) is 0 Å². The molecule has 0 aliphatic heterocycles. The van der Waals surface area contributed by atoms with E-state index in [1.807, 2.05) is 0 Å². The highest BCUT2D eigenvalue weighted by Gasteiger charge is 1.95. The van der Waals surface area contributed by atoms with Crippen LogP contribution in [-0.4, -0.2) is 12.5 Å². The maximum Gasteiger partial charge on any atom is 0.244 e. The lowest BCUT2D eigenvalue weighted by molar-refractivity contribution is -0.116. The quantitative estimate of drug-likeness (QED) is 0.492. The van der Waals surface area contributed by atoms with Crippen molar-refractivity contribution in [2.45, 2.75) is 26.7 Å². The summed E-state index contributed by atoms with van der Waals surface area (Å²) in [6.45, 7) is 8.16. The van der Waals surface area contributed by atoms with Gasteiger partial charge in [0, 0.05) is 12.6 Å². The maximum absolute atomic E-state index is 11.1. The summed E-state index contributed by atoms with van der Waals surface area (Å²) < 4.78 is 0. The first kappa shape index (κ1) is 11.0. The standard InChI is InChI=1S/C10H17NO/c1-4-7-11-10(12)8-9(5-2)6-3/h4,8H,1,5-7H2,2-3H3,(H,11,12). The summed E-state index contributed by atoms with van der Waals surface area (Å²) in [6, 6.07) is 0. The third-order valence-electron chi connectivity index (χ3n) is 1.66. The molecule has 0 unspecified atom stereocenters. The molecule has 0 heterocycles. The number of carbonyl (C=O) groups excluding carboxylic acids is 1. The number of allylic oxidation sites excluding steroid dienone is 1. The number of amides is 1. The summed E-state index contributed by atoms with van der Waals surface area (Å²) in [5.41, 5.74) is 1.18. The average molecular weight is 167 g/mol. The molecule has 12 heavy (non-hydrogen) atoms. The Morgan fingerprint density at radius 2 is 2.00 bits per heavy atom. The van der Waals surface area contributed by atoms with Gasteiger partial charge < -0.3 is 5.32 Å².